The molecule has 0 aromatic heterocycles. The molecule has 0 saturated heterocycles. The van der Waals surface area contributed by atoms with E-state index >= 15 is 0 Å². The van der Waals surface area contributed by atoms with Crippen molar-refractivity contribution in [1.82, 2.24) is 5.32 Å². The average Bonchev–Trinajstić information content (AvgIpc) is 2.34. The van der Waals surface area contributed by atoms with Crippen molar-refractivity contribution in [2.45, 2.75) is 13.0 Å². The van der Waals surface area contributed by atoms with Crippen LogP contribution in [-0.4, -0.2) is 31.6 Å². The van der Waals surface area contributed by atoms with E-state index in [0.717, 1.165) is 6.07 Å². The van der Waals surface area contributed by atoms with Crippen LogP contribution in [0, 0.1) is 11.6 Å². The number of carbonyl (C=O) groups excluding carboxylic acids is 2. The number of ether oxygens (including phenoxy) is 1. The Morgan fingerprint density at radius 1 is 1.40 bits per heavy atom. The molecule has 0 spiro atoms. The summed E-state index contributed by atoms with van der Waals surface area (Å²) in [7, 11) is 1.17. The van der Waals surface area contributed by atoms with E-state index in [0.29, 0.717) is 6.07 Å². The fourth-order valence-electron chi connectivity index (χ4n) is 1.50. The van der Waals surface area contributed by atoms with Crippen molar-refractivity contribution in [3.05, 3.63) is 28.2 Å². The Morgan fingerprint density at radius 3 is 2.55 bits per heavy atom. The molecular formula is C12H13BrF2N2O3. The zero-order valence-electron chi connectivity index (χ0n) is 10.8. The highest BCUT2D eigenvalue weighted by molar-refractivity contribution is 9.10. The van der Waals surface area contributed by atoms with Crippen molar-refractivity contribution in [3.8, 4) is 0 Å². The molecule has 20 heavy (non-hydrogen) atoms. The topological polar surface area (TPSA) is 67.4 Å². The molecule has 2 N–H and O–H groups in total. The summed E-state index contributed by atoms with van der Waals surface area (Å²) in [5.74, 6) is -2.65. The third kappa shape index (κ3) is 4.44. The highest BCUT2D eigenvalue weighted by atomic mass is 79.9. The summed E-state index contributed by atoms with van der Waals surface area (Å²) < 4.78 is 31.2. The van der Waals surface area contributed by atoms with E-state index in [1.54, 1.807) is 0 Å². The number of anilines is 1. The number of benzene rings is 1. The third-order valence-electron chi connectivity index (χ3n) is 2.35. The van der Waals surface area contributed by atoms with Crippen molar-refractivity contribution in [3.63, 3.8) is 0 Å². The van der Waals surface area contributed by atoms with E-state index in [9.17, 15) is 18.4 Å². The average molecular weight is 351 g/mol. The standard InChI is InChI=1S/C12H13BrF2N2O3/c1-6(18)17-10(12(19)20-2)5-16-11-8(13)3-7(14)4-9(11)15/h3-4,10,16H,5H2,1-2H3,(H,17,18). The van der Waals surface area contributed by atoms with Gasteiger partial charge in [0.25, 0.3) is 0 Å². The van der Waals surface area contributed by atoms with Crippen LogP contribution in [-0.2, 0) is 14.3 Å². The molecule has 5 nitrogen and oxygen atoms in total. The van der Waals surface area contributed by atoms with Crippen molar-refractivity contribution >= 4 is 33.5 Å². The van der Waals surface area contributed by atoms with Crippen LogP contribution < -0.4 is 10.6 Å². The van der Waals surface area contributed by atoms with Crippen LogP contribution in [0.15, 0.2) is 16.6 Å². The molecule has 0 saturated carbocycles. The highest BCUT2D eigenvalue weighted by Crippen LogP contribution is 2.26. The predicted molar refractivity (Wildman–Crippen MR) is 72.2 cm³/mol. The molecule has 1 atom stereocenters. The van der Waals surface area contributed by atoms with Crippen LogP contribution in [0.4, 0.5) is 14.5 Å². The summed E-state index contributed by atoms with van der Waals surface area (Å²) in [6.45, 7) is 1.14. The van der Waals surface area contributed by atoms with Crippen molar-refractivity contribution in [2.24, 2.45) is 0 Å². The fraction of sp³-hybridized carbons (Fsp3) is 0.333. The molecule has 0 bridgehead atoms. The minimum Gasteiger partial charge on any atom is -0.467 e. The smallest absolute Gasteiger partial charge is 0.330 e. The molecule has 0 heterocycles. The summed E-state index contributed by atoms with van der Waals surface area (Å²) in [6, 6.07) is 0.809. The highest BCUT2D eigenvalue weighted by Gasteiger charge is 2.21. The number of amides is 1. The molecule has 0 radical (unpaired) electrons. The van der Waals surface area contributed by atoms with Gasteiger partial charge in [0.15, 0.2) is 0 Å². The first-order valence-electron chi connectivity index (χ1n) is 5.58. The lowest BCUT2D eigenvalue weighted by molar-refractivity contribution is -0.144. The van der Waals surface area contributed by atoms with Crippen LogP contribution >= 0.6 is 15.9 Å². The summed E-state index contributed by atoms with van der Waals surface area (Å²) in [5, 5.41) is 4.99. The van der Waals surface area contributed by atoms with E-state index in [4.69, 9.17) is 0 Å². The number of methoxy groups -OCH3 is 1. The van der Waals surface area contributed by atoms with E-state index in [-0.39, 0.29) is 16.7 Å². The van der Waals surface area contributed by atoms with Gasteiger partial charge >= 0.3 is 5.97 Å². The Labute approximate surface area is 122 Å². The van der Waals surface area contributed by atoms with Crippen LogP contribution in [0.3, 0.4) is 0 Å². The molecule has 1 rings (SSSR count). The number of carbonyl (C=O) groups is 2. The number of esters is 1. The summed E-state index contributed by atoms with van der Waals surface area (Å²) in [6.07, 6.45) is 0. The van der Waals surface area contributed by atoms with E-state index in [1.165, 1.54) is 14.0 Å². The van der Waals surface area contributed by atoms with Gasteiger partial charge in [0.1, 0.15) is 17.7 Å². The lowest BCUT2D eigenvalue weighted by Gasteiger charge is -2.17. The second kappa shape index (κ2) is 7.18. The first-order valence-corrected chi connectivity index (χ1v) is 6.37. The van der Waals surface area contributed by atoms with Gasteiger partial charge in [0.2, 0.25) is 5.91 Å². The minimum atomic E-state index is -0.978. The zero-order chi connectivity index (χ0) is 15.3. The van der Waals surface area contributed by atoms with E-state index < -0.39 is 29.6 Å². The van der Waals surface area contributed by atoms with Crippen LogP contribution in [0.25, 0.3) is 0 Å². The van der Waals surface area contributed by atoms with Gasteiger partial charge in [0, 0.05) is 24.0 Å². The predicted octanol–water partition coefficient (Wildman–Crippen LogP) is 1.82. The fourth-order valence-corrected chi connectivity index (χ4v) is 2.04. The molecule has 8 heteroatoms. The Balaban J connectivity index is 2.82. The largest absolute Gasteiger partial charge is 0.467 e. The second-order valence-electron chi connectivity index (χ2n) is 3.90. The number of halogens is 3. The second-order valence-corrected chi connectivity index (χ2v) is 4.76. The van der Waals surface area contributed by atoms with Gasteiger partial charge in [-0.05, 0) is 22.0 Å². The third-order valence-corrected chi connectivity index (χ3v) is 2.98. The maximum atomic E-state index is 13.6. The maximum absolute atomic E-state index is 13.6. The molecule has 1 amide bonds. The van der Waals surface area contributed by atoms with E-state index in [2.05, 4.69) is 31.3 Å². The Bertz CT molecular complexity index is 502. The quantitative estimate of drug-likeness (QED) is 0.795. The first-order chi connectivity index (χ1) is 9.35. The van der Waals surface area contributed by atoms with Gasteiger partial charge in [-0.3, -0.25) is 4.79 Å². The Morgan fingerprint density at radius 2 is 2.05 bits per heavy atom. The molecule has 0 aliphatic heterocycles. The molecule has 110 valence electrons. The van der Waals surface area contributed by atoms with Gasteiger partial charge in [-0.1, -0.05) is 0 Å². The van der Waals surface area contributed by atoms with Crippen LogP contribution in [0.2, 0.25) is 0 Å². The monoisotopic (exact) mass is 350 g/mol. The molecule has 0 fully saturated rings. The Hall–Kier alpha value is -1.70. The summed E-state index contributed by atoms with van der Waals surface area (Å²) in [5.41, 5.74) is -0.00865. The van der Waals surface area contributed by atoms with Crippen LogP contribution in [0.1, 0.15) is 6.92 Å². The lowest BCUT2D eigenvalue weighted by atomic mass is 10.2. The van der Waals surface area contributed by atoms with Gasteiger partial charge in [-0.15, -0.1) is 0 Å². The summed E-state index contributed by atoms with van der Waals surface area (Å²) >= 11 is 3.01. The molecule has 0 aliphatic carbocycles. The van der Waals surface area contributed by atoms with Gasteiger partial charge in [0.05, 0.1) is 12.8 Å². The Kier molecular flexibility index (Phi) is 5.87. The number of rotatable bonds is 5. The van der Waals surface area contributed by atoms with Gasteiger partial charge in [-0.25, -0.2) is 13.6 Å². The number of hydrogen-bond acceptors (Lipinski definition) is 4. The molecular weight excluding hydrogens is 338 g/mol. The molecule has 1 unspecified atom stereocenters. The normalized spacial score (nSPS) is 11.7. The van der Waals surface area contributed by atoms with Crippen LogP contribution in [0.5, 0.6) is 0 Å². The van der Waals surface area contributed by atoms with Crippen molar-refractivity contribution in [1.29, 1.82) is 0 Å². The molecule has 0 aliphatic rings. The molecule has 1 aromatic carbocycles. The maximum Gasteiger partial charge on any atom is 0.330 e. The lowest BCUT2D eigenvalue weighted by Crippen LogP contribution is -2.45. The van der Waals surface area contributed by atoms with Gasteiger partial charge < -0.3 is 15.4 Å². The summed E-state index contributed by atoms with van der Waals surface area (Å²) in [4.78, 5) is 22.4. The minimum absolute atomic E-state index is 0.00865. The first kappa shape index (κ1) is 16.4. The van der Waals surface area contributed by atoms with E-state index in [1.807, 2.05) is 0 Å². The number of nitrogens with one attached hydrogen (secondary N) is 2. The SMILES string of the molecule is COC(=O)C(CNc1c(F)cc(F)cc1Br)NC(C)=O. The van der Waals surface area contributed by atoms with Crippen molar-refractivity contribution < 1.29 is 23.1 Å². The van der Waals surface area contributed by atoms with Crippen molar-refractivity contribution in [2.75, 3.05) is 19.0 Å². The van der Waals surface area contributed by atoms with Gasteiger partial charge in [-0.2, -0.15) is 0 Å². The number of hydrogen-bond donors (Lipinski definition) is 2. The zero-order valence-corrected chi connectivity index (χ0v) is 12.4. The molecule has 1 aromatic rings.